The van der Waals surface area contributed by atoms with Gasteiger partial charge < -0.3 is 11.1 Å². The zero-order valence-corrected chi connectivity index (χ0v) is 8.22. The minimum absolute atomic E-state index is 0.475. The van der Waals surface area contributed by atoms with Crippen LogP contribution in [0.4, 0.5) is 5.69 Å². The number of nitrogen functional groups attached to an aromatic ring is 1. The van der Waals surface area contributed by atoms with Gasteiger partial charge in [-0.3, -0.25) is 0 Å². The van der Waals surface area contributed by atoms with Gasteiger partial charge in [0, 0.05) is 11.7 Å². The Kier molecular flexibility index (Phi) is 2.00. The molecule has 1 aromatic carbocycles. The van der Waals surface area contributed by atoms with E-state index in [9.17, 15) is 0 Å². The fourth-order valence-electron chi connectivity index (χ4n) is 2.06. The maximum Gasteiger partial charge on any atom is 0.0346 e. The van der Waals surface area contributed by atoms with Crippen molar-refractivity contribution in [3.63, 3.8) is 0 Å². The van der Waals surface area contributed by atoms with E-state index in [1.807, 2.05) is 6.07 Å². The summed E-state index contributed by atoms with van der Waals surface area (Å²) in [5.74, 6) is 0. The number of fused-ring (bicyclic) bond motifs is 1. The molecule has 2 nitrogen and oxygen atoms in total. The summed E-state index contributed by atoms with van der Waals surface area (Å²) in [6, 6.07) is 4.63. The number of hydrogen-bond donors (Lipinski definition) is 2. The third kappa shape index (κ3) is 1.31. The van der Waals surface area contributed by atoms with Crippen molar-refractivity contribution in [2.24, 2.45) is 0 Å². The lowest BCUT2D eigenvalue weighted by Crippen LogP contribution is -2.28. The molecule has 0 amide bonds. The number of anilines is 1. The van der Waals surface area contributed by atoms with Gasteiger partial charge in [-0.05, 0) is 49.6 Å². The molecule has 1 heterocycles. The fraction of sp³-hybridized carbons (Fsp3) is 0.455. The highest BCUT2D eigenvalue weighted by Crippen LogP contribution is 2.28. The van der Waals surface area contributed by atoms with E-state index in [-0.39, 0.29) is 0 Å². The van der Waals surface area contributed by atoms with Gasteiger partial charge in [0.15, 0.2) is 0 Å². The highest BCUT2D eigenvalue weighted by atomic mass is 14.9. The molecule has 0 saturated heterocycles. The second kappa shape index (κ2) is 3.04. The van der Waals surface area contributed by atoms with E-state index in [4.69, 9.17) is 5.73 Å². The maximum absolute atomic E-state index is 5.87. The Bertz CT molecular complexity index is 331. The van der Waals surface area contributed by atoms with Gasteiger partial charge in [-0.15, -0.1) is 0 Å². The average molecular weight is 176 g/mol. The molecular formula is C11H16N2. The van der Waals surface area contributed by atoms with Crippen LogP contribution in [-0.2, 0) is 6.42 Å². The molecule has 0 spiro atoms. The minimum Gasteiger partial charge on any atom is -0.399 e. The smallest absolute Gasteiger partial charge is 0.0346 e. The van der Waals surface area contributed by atoms with E-state index in [2.05, 4.69) is 25.2 Å². The van der Waals surface area contributed by atoms with Gasteiger partial charge in [-0.2, -0.15) is 0 Å². The van der Waals surface area contributed by atoms with Crippen LogP contribution in [0.2, 0.25) is 0 Å². The third-order valence-corrected chi connectivity index (χ3v) is 2.97. The molecule has 1 unspecified atom stereocenters. The summed E-state index contributed by atoms with van der Waals surface area (Å²) in [4.78, 5) is 0. The number of nitrogens with one attached hydrogen (secondary N) is 1. The standard InChI is InChI=1S/C11H16N2/c1-7-9-5-6-13-8(2)10(9)3-4-11(7)12/h3-4,8,13H,5-6,12H2,1-2H3. The molecule has 0 saturated carbocycles. The van der Waals surface area contributed by atoms with Crippen molar-refractivity contribution in [2.45, 2.75) is 26.3 Å². The van der Waals surface area contributed by atoms with Crippen molar-refractivity contribution >= 4 is 5.69 Å². The van der Waals surface area contributed by atoms with Crippen LogP contribution in [0.1, 0.15) is 29.7 Å². The van der Waals surface area contributed by atoms with Gasteiger partial charge in [0.25, 0.3) is 0 Å². The summed E-state index contributed by atoms with van der Waals surface area (Å²) in [7, 11) is 0. The van der Waals surface area contributed by atoms with Gasteiger partial charge in [0.1, 0.15) is 0 Å². The lowest BCUT2D eigenvalue weighted by Gasteiger charge is -2.25. The predicted octanol–water partition coefficient (Wildman–Crippen LogP) is 1.78. The van der Waals surface area contributed by atoms with Crippen LogP contribution in [0.25, 0.3) is 0 Å². The Morgan fingerprint density at radius 3 is 3.00 bits per heavy atom. The second-order valence-electron chi connectivity index (χ2n) is 3.77. The summed E-state index contributed by atoms with van der Waals surface area (Å²) in [6.07, 6.45) is 1.11. The zero-order chi connectivity index (χ0) is 9.42. The Hall–Kier alpha value is -1.02. The van der Waals surface area contributed by atoms with Gasteiger partial charge in [0.2, 0.25) is 0 Å². The summed E-state index contributed by atoms with van der Waals surface area (Å²) in [6.45, 7) is 5.39. The van der Waals surface area contributed by atoms with E-state index >= 15 is 0 Å². The SMILES string of the molecule is Cc1c(N)ccc2c1CCNC2C. The molecule has 0 aliphatic carbocycles. The first-order valence-electron chi connectivity index (χ1n) is 4.81. The molecule has 1 aromatic rings. The number of nitrogens with two attached hydrogens (primary N) is 1. The van der Waals surface area contributed by atoms with Crippen molar-refractivity contribution in [1.82, 2.24) is 5.32 Å². The third-order valence-electron chi connectivity index (χ3n) is 2.97. The lowest BCUT2D eigenvalue weighted by atomic mass is 9.91. The zero-order valence-electron chi connectivity index (χ0n) is 8.22. The molecule has 1 aliphatic heterocycles. The Labute approximate surface area is 79.1 Å². The quantitative estimate of drug-likeness (QED) is 0.591. The Morgan fingerprint density at radius 1 is 1.46 bits per heavy atom. The van der Waals surface area contributed by atoms with Crippen LogP contribution in [0.5, 0.6) is 0 Å². The van der Waals surface area contributed by atoms with Crippen molar-refractivity contribution in [1.29, 1.82) is 0 Å². The van der Waals surface area contributed by atoms with Crippen LogP contribution in [0.15, 0.2) is 12.1 Å². The van der Waals surface area contributed by atoms with Gasteiger partial charge in [-0.1, -0.05) is 6.07 Å². The van der Waals surface area contributed by atoms with Crippen LogP contribution < -0.4 is 11.1 Å². The first kappa shape index (κ1) is 8.57. The lowest BCUT2D eigenvalue weighted by molar-refractivity contribution is 0.539. The Balaban J connectivity index is 2.56. The molecular weight excluding hydrogens is 160 g/mol. The van der Waals surface area contributed by atoms with Crippen molar-refractivity contribution < 1.29 is 0 Å². The van der Waals surface area contributed by atoms with Gasteiger partial charge >= 0.3 is 0 Å². The van der Waals surface area contributed by atoms with E-state index in [1.165, 1.54) is 16.7 Å². The molecule has 0 bridgehead atoms. The molecule has 2 rings (SSSR count). The molecule has 1 aliphatic rings. The second-order valence-corrected chi connectivity index (χ2v) is 3.77. The first-order valence-corrected chi connectivity index (χ1v) is 4.81. The highest BCUT2D eigenvalue weighted by molar-refractivity contribution is 5.54. The number of benzene rings is 1. The van der Waals surface area contributed by atoms with Crippen LogP contribution in [-0.4, -0.2) is 6.54 Å². The van der Waals surface area contributed by atoms with Gasteiger partial charge in [-0.25, -0.2) is 0 Å². The molecule has 0 radical (unpaired) electrons. The largest absolute Gasteiger partial charge is 0.399 e. The predicted molar refractivity (Wildman–Crippen MR) is 55.7 cm³/mol. The topological polar surface area (TPSA) is 38.0 Å². The van der Waals surface area contributed by atoms with Crippen LogP contribution >= 0.6 is 0 Å². The molecule has 3 N–H and O–H groups in total. The van der Waals surface area contributed by atoms with E-state index < -0.39 is 0 Å². The van der Waals surface area contributed by atoms with Crippen molar-refractivity contribution in [3.8, 4) is 0 Å². The average Bonchev–Trinajstić information content (AvgIpc) is 2.12. The summed E-state index contributed by atoms with van der Waals surface area (Å²) in [5, 5.41) is 3.44. The van der Waals surface area contributed by atoms with Crippen molar-refractivity contribution in [2.75, 3.05) is 12.3 Å². The molecule has 0 aromatic heterocycles. The minimum atomic E-state index is 0.475. The van der Waals surface area contributed by atoms with Gasteiger partial charge in [0.05, 0.1) is 0 Å². The fourth-order valence-corrected chi connectivity index (χ4v) is 2.06. The highest BCUT2D eigenvalue weighted by Gasteiger charge is 2.17. The number of rotatable bonds is 0. The molecule has 70 valence electrons. The molecule has 0 fully saturated rings. The summed E-state index contributed by atoms with van der Waals surface area (Å²) in [5.41, 5.74) is 10.9. The van der Waals surface area contributed by atoms with Crippen molar-refractivity contribution in [3.05, 3.63) is 28.8 Å². The van der Waals surface area contributed by atoms with E-state index in [0.717, 1.165) is 18.7 Å². The maximum atomic E-state index is 5.87. The monoisotopic (exact) mass is 176 g/mol. The Morgan fingerprint density at radius 2 is 2.23 bits per heavy atom. The first-order chi connectivity index (χ1) is 6.20. The normalized spacial score (nSPS) is 21.2. The number of hydrogen-bond acceptors (Lipinski definition) is 2. The molecule has 13 heavy (non-hydrogen) atoms. The van der Waals surface area contributed by atoms with E-state index in [1.54, 1.807) is 0 Å². The summed E-state index contributed by atoms with van der Waals surface area (Å²) >= 11 is 0. The molecule has 1 atom stereocenters. The van der Waals surface area contributed by atoms with E-state index in [0.29, 0.717) is 6.04 Å². The van der Waals surface area contributed by atoms with Crippen LogP contribution in [0.3, 0.4) is 0 Å². The molecule has 2 heteroatoms. The van der Waals surface area contributed by atoms with Crippen LogP contribution in [0, 0.1) is 6.92 Å². The summed E-state index contributed by atoms with van der Waals surface area (Å²) < 4.78 is 0.